The summed E-state index contributed by atoms with van der Waals surface area (Å²) in [5.74, 6) is 0. The van der Waals surface area contributed by atoms with E-state index in [1.165, 1.54) is 96.3 Å². The highest BCUT2D eigenvalue weighted by Crippen LogP contribution is 2.09. The quantitative estimate of drug-likeness (QED) is 0.111. The fourth-order valence-electron chi connectivity index (χ4n) is 3.53. The summed E-state index contributed by atoms with van der Waals surface area (Å²) in [4.78, 5) is 0. The Labute approximate surface area is 226 Å². The smallest absolute Gasteiger partial charge is 0.0621 e. The van der Waals surface area contributed by atoms with Gasteiger partial charge in [-0.05, 0) is 71.6 Å². The molecule has 0 aliphatic heterocycles. The van der Waals surface area contributed by atoms with E-state index in [-0.39, 0.29) is 0 Å². The van der Waals surface area contributed by atoms with E-state index in [1.54, 1.807) is 0 Å². The Kier molecular flexibility index (Phi) is 45.5. The minimum absolute atomic E-state index is 0.729. The molecule has 0 rings (SSSR count). The van der Waals surface area contributed by atoms with Crippen LogP contribution in [0.1, 0.15) is 155 Å². The van der Waals surface area contributed by atoms with Crippen molar-refractivity contribution in [1.29, 1.82) is 15.8 Å². The van der Waals surface area contributed by atoms with E-state index >= 15 is 0 Å². The van der Waals surface area contributed by atoms with Crippen LogP contribution in [0.2, 0.25) is 0 Å². The number of allylic oxidation sites excluding steroid dienone is 5. The minimum atomic E-state index is 0.729. The van der Waals surface area contributed by atoms with Gasteiger partial charge in [0.15, 0.2) is 0 Å². The number of hydrogen-bond acceptors (Lipinski definition) is 3. The summed E-state index contributed by atoms with van der Waals surface area (Å²) in [6, 6.07) is 6.50. The highest BCUT2D eigenvalue weighted by molar-refractivity contribution is 4.77. The summed E-state index contributed by atoms with van der Waals surface area (Å²) in [5.41, 5.74) is 0. The molecule has 0 unspecified atom stereocenters. The maximum absolute atomic E-state index is 8.28. The summed E-state index contributed by atoms with van der Waals surface area (Å²) in [7, 11) is 0. The lowest BCUT2D eigenvalue weighted by Crippen LogP contribution is -1.78. The zero-order valence-electron chi connectivity index (χ0n) is 24.0. The molecule has 0 N–H and O–H groups in total. The van der Waals surface area contributed by atoms with Gasteiger partial charge in [-0.1, -0.05) is 94.6 Å². The molecule has 3 nitrogen and oxygen atoms in total. The Balaban J connectivity index is -0.000000454. The standard InChI is InChI=1S/3C11H19N/c3*1-2-3-4-5-6-7-8-9-10-11-12/h2*2-3H,4-10H2,1H3;2H,1,3-10H2/b3-2+;3-2-;. The number of nitrogens with zero attached hydrogens (tertiary/aromatic N) is 3. The zero-order valence-corrected chi connectivity index (χ0v) is 24.0. The third-order valence-corrected chi connectivity index (χ3v) is 5.74. The van der Waals surface area contributed by atoms with Crippen molar-refractivity contribution in [3.8, 4) is 18.2 Å². The van der Waals surface area contributed by atoms with Gasteiger partial charge in [-0.25, -0.2) is 0 Å². The Morgan fingerprint density at radius 3 is 1.00 bits per heavy atom. The second kappa shape index (κ2) is 42.8. The molecule has 0 radical (unpaired) electrons. The minimum Gasteiger partial charge on any atom is -0.198 e. The molecule has 0 heterocycles. The van der Waals surface area contributed by atoms with E-state index < -0.39 is 0 Å². The van der Waals surface area contributed by atoms with Crippen molar-refractivity contribution in [2.24, 2.45) is 0 Å². The van der Waals surface area contributed by atoms with Crippen molar-refractivity contribution in [1.82, 2.24) is 0 Å². The summed E-state index contributed by atoms with van der Waals surface area (Å²) in [5, 5.41) is 24.8. The molecule has 0 aliphatic carbocycles. The third kappa shape index (κ3) is 49.0. The second-order valence-corrected chi connectivity index (χ2v) is 9.17. The Morgan fingerprint density at radius 2 is 0.722 bits per heavy atom. The van der Waals surface area contributed by atoms with Gasteiger partial charge < -0.3 is 0 Å². The van der Waals surface area contributed by atoms with Crippen LogP contribution in [0.25, 0.3) is 0 Å². The van der Waals surface area contributed by atoms with Crippen molar-refractivity contribution in [2.75, 3.05) is 0 Å². The molecule has 0 atom stereocenters. The van der Waals surface area contributed by atoms with Gasteiger partial charge >= 0.3 is 0 Å². The molecule has 0 aromatic heterocycles. The fraction of sp³-hybridized carbons (Fsp3) is 0.727. The van der Waals surface area contributed by atoms with Crippen LogP contribution in [0, 0.1) is 34.0 Å². The topological polar surface area (TPSA) is 71.4 Å². The maximum Gasteiger partial charge on any atom is 0.0621 e. The molecule has 0 aliphatic rings. The van der Waals surface area contributed by atoms with Crippen molar-refractivity contribution in [2.45, 2.75) is 155 Å². The third-order valence-electron chi connectivity index (χ3n) is 5.74. The summed E-state index contributed by atoms with van der Waals surface area (Å²) in [6.45, 7) is 7.81. The zero-order chi connectivity index (χ0) is 27.2. The highest BCUT2D eigenvalue weighted by atomic mass is 14.2. The molecule has 36 heavy (non-hydrogen) atoms. The van der Waals surface area contributed by atoms with Crippen molar-refractivity contribution >= 4 is 0 Å². The average molecular weight is 496 g/mol. The predicted molar refractivity (Wildman–Crippen MR) is 158 cm³/mol. The van der Waals surface area contributed by atoms with Gasteiger partial charge in [0.05, 0.1) is 18.2 Å². The van der Waals surface area contributed by atoms with Crippen LogP contribution in [0.15, 0.2) is 37.0 Å². The first-order valence-electron chi connectivity index (χ1n) is 14.7. The van der Waals surface area contributed by atoms with Gasteiger partial charge in [0, 0.05) is 19.3 Å². The van der Waals surface area contributed by atoms with Crippen LogP contribution in [0.4, 0.5) is 0 Å². The first-order chi connectivity index (χ1) is 17.7. The number of unbranched alkanes of at least 4 members (excludes halogenated alkanes) is 19. The lowest BCUT2D eigenvalue weighted by molar-refractivity contribution is 0.601. The van der Waals surface area contributed by atoms with Crippen molar-refractivity contribution < 1.29 is 0 Å². The largest absolute Gasteiger partial charge is 0.198 e. The molecular weight excluding hydrogens is 438 g/mol. The normalized spacial score (nSPS) is 9.97. The van der Waals surface area contributed by atoms with E-state index in [9.17, 15) is 0 Å². The van der Waals surface area contributed by atoms with Gasteiger partial charge in [0.25, 0.3) is 0 Å². The Hall–Kier alpha value is -2.31. The van der Waals surface area contributed by atoms with Crippen LogP contribution in [0.5, 0.6) is 0 Å². The van der Waals surface area contributed by atoms with Crippen molar-refractivity contribution in [3.05, 3.63) is 37.0 Å². The summed E-state index contributed by atoms with van der Waals surface area (Å²) >= 11 is 0. The molecule has 0 saturated carbocycles. The Morgan fingerprint density at radius 1 is 0.444 bits per heavy atom. The fourth-order valence-corrected chi connectivity index (χ4v) is 3.53. The van der Waals surface area contributed by atoms with Crippen LogP contribution >= 0.6 is 0 Å². The second-order valence-electron chi connectivity index (χ2n) is 9.17. The van der Waals surface area contributed by atoms with E-state index in [1.807, 2.05) is 6.08 Å². The van der Waals surface area contributed by atoms with E-state index in [0.717, 1.165) is 44.9 Å². The lowest BCUT2D eigenvalue weighted by Gasteiger charge is -1.97. The number of rotatable bonds is 22. The SMILES string of the molecule is C/C=C/CCCCCCCC#N.C/C=C\CCCCCCCC#N.C=CCCCCCCCCC#N. The molecule has 204 valence electrons. The van der Waals surface area contributed by atoms with E-state index in [4.69, 9.17) is 15.8 Å². The van der Waals surface area contributed by atoms with Gasteiger partial charge in [0.2, 0.25) is 0 Å². The Bertz CT molecular complexity index is 548. The maximum atomic E-state index is 8.28. The van der Waals surface area contributed by atoms with E-state index in [0.29, 0.717) is 0 Å². The lowest BCUT2D eigenvalue weighted by atomic mass is 10.1. The first-order valence-corrected chi connectivity index (χ1v) is 14.7. The molecule has 0 fully saturated rings. The predicted octanol–water partition coefficient (Wildman–Crippen LogP) is 11.5. The van der Waals surface area contributed by atoms with Gasteiger partial charge in [0.1, 0.15) is 0 Å². The molecule has 0 amide bonds. The van der Waals surface area contributed by atoms with Gasteiger partial charge in [-0.3, -0.25) is 0 Å². The first kappa shape index (κ1) is 38.2. The van der Waals surface area contributed by atoms with Crippen LogP contribution < -0.4 is 0 Å². The van der Waals surface area contributed by atoms with Crippen LogP contribution in [-0.4, -0.2) is 0 Å². The molecule has 0 spiro atoms. The summed E-state index contributed by atoms with van der Waals surface area (Å²) in [6.07, 6.45) is 36.4. The van der Waals surface area contributed by atoms with E-state index in [2.05, 4.69) is 62.9 Å². The molecule has 0 aromatic carbocycles. The number of hydrogen-bond donors (Lipinski definition) is 0. The molecule has 0 saturated heterocycles. The van der Waals surface area contributed by atoms with Crippen LogP contribution in [-0.2, 0) is 0 Å². The van der Waals surface area contributed by atoms with Crippen molar-refractivity contribution in [3.63, 3.8) is 0 Å². The van der Waals surface area contributed by atoms with Gasteiger partial charge in [-0.15, -0.1) is 6.58 Å². The average Bonchev–Trinajstić information content (AvgIpc) is 2.90. The number of nitriles is 3. The van der Waals surface area contributed by atoms with Crippen LogP contribution in [0.3, 0.4) is 0 Å². The molecule has 0 aromatic rings. The molecule has 3 heteroatoms. The molecular formula is C33H57N3. The molecule has 0 bridgehead atoms. The highest BCUT2D eigenvalue weighted by Gasteiger charge is 1.90. The monoisotopic (exact) mass is 495 g/mol. The van der Waals surface area contributed by atoms with Gasteiger partial charge in [-0.2, -0.15) is 15.8 Å². The summed E-state index contributed by atoms with van der Waals surface area (Å²) < 4.78 is 0.